The predicted octanol–water partition coefficient (Wildman–Crippen LogP) is 3.76. The quantitative estimate of drug-likeness (QED) is 0.873. The molecule has 0 bridgehead atoms. The Bertz CT molecular complexity index is 578. The summed E-state index contributed by atoms with van der Waals surface area (Å²) in [5, 5.41) is 2.52. The van der Waals surface area contributed by atoms with E-state index in [9.17, 15) is 9.18 Å². The summed E-state index contributed by atoms with van der Waals surface area (Å²) in [6.45, 7) is 9.33. The molecule has 1 unspecified atom stereocenters. The number of nitrogens with two attached hydrogens (primary N) is 1. The van der Waals surface area contributed by atoms with E-state index in [0.717, 1.165) is 6.42 Å². The van der Waals surface area contributed by atoms with Crippen molar-refractivity contribution in [3.05, 3.63) is 29.6 Å². The van der Waals surface area contributed by atoms with Crippen LogP contribution in [0.3, 0.4) is 0 Å². The van der Waals surface area contributed by atoms with Crippen molar-refractivity contribution < 1.29 is 13.9 Å². The lowest BCUT2D eigenvalue weighted by Crippen LogP contribution is -2.28. The molecule has 1 aliphatic rings. The largest absolute Gasteiger partial charge is 0.444 e. The first-order valence-corrected chi connectivity index (χ1v) is 7.04. The number of rotatable bonds is 2. The summed E-state index contributed by atoms with van der Waals surface area (Å²) in [4.78, 5) is 11.7. The third kappa shape index (κ3) is 3.18. The molecule has 1 aliphatic carbocycles. The van der Waals surface area contributed by atoms with Crippen molar-refractivity contribution in [2.75, 3.05) is 5.32 Å². The average Bonchev–Trinajstić information content (AvgIpc) is 2.75. The van der Waals surface area contributed by atoms with Crippen molar-refractivity contribution in [3.63, 3.8) is 0 Å². The van der Waals surface area contributed by atoms with E-state index in [1.807, 2.05) is 13.8 Å². The van der Waals surface area contributed by atoms with Crippen LogP contribution in [-0.4, -0.2) is 11.7 Å². The van der Waals surface area contributed by atoms with Crippen LogP contribution in [-0.2, 0) is 10.3 Å². The number of hydrogen-bond acceptors (Lipinski definition) is 3. The molecule has 0 radical (unpaired) electrons. The normalized spacial score (nSPS) is 23.6. The predicted molar refractivity (Wildman–Crippen MR) is 80.5 cm³/mol. The van der Waals surface area contributed by atoms with Gasteiger partial charge in [0.2, 0.25) is 0 Å². The number of carbonyl (C=O) groups is 1. The zero-order valence-electron chi connectivity index (χ0n) is 13.2. The molecule has 21 heavy (non-hydrogen) atoms. The van der Waals surface area contributed by atoms with Gasteiger partial charge in [0.1, 0.15) is 11.4 Å². The lowest BCUT2D eigenvalue weighted by molar-refractivity contribution is 0.0636. The molecule has 4 nitrogen and oxygen atoms in total. The molecule has 1 aromatic rings. The van der Waals surface area contributed by atoms with Crippen molar-refractivity contribution >= 4 is 11.8 Å². The first-order chi connectivity index (χ1) is 9.45. The van der Waals surface area contributed by atoms with E-state index in [2.05, 4.69) is 5.32 Å². The van der Waals surface area contributed by atoms with Gasteiger partial charge in [-0.05, 0) is 44.7 Å². The number of benzene rings is 1. The summed E-state index contributed by atoms with van der Waals surface area (Å²) in [7, 11) is 0. The molecule has 1 amide bonds. The van der Waals surface area contributed by atoms with E-state index in [0.29, 0.717) is 11.3 Å². The highest BCUT2D eigenvalue weighted by molar-refractivity contribution is 5.84. The summed E-state index contributed by atoms with van der Waals surface area (Å²) in [5.74, 6) is -0.406. The van der Waals surface area contributed by atoms with Gasteiger partial charge in [-0.2, -0.15) is 0 Å². The van der Waals surface area contributed by atoms with Crippen molar-refractivity contribution in [2.24, 2.45) is 11.1 Å². The van der Waals surface area contributed by atoms with Crippen LogP contribution in [0.1, 0.15) is 46.6 Å². The van der Waals surface area contributed by atoms with E-state index in [1.54, 1.807) is 32.9 Å². The van der Waals surface area contributed by atoms with Crippen molar-refractivity contribution in [1.29, 1.82) is 0 Å². The monoisotopic (exact) mass is 294 g/mol. The van der Waals surface area contributed by atoms with Gasteiger partial charge in [0.25, 0.3) is 0 Å². The minimum atomic E-state index is -0.623. The lowest BCUT2D eigenvalue weighted by atomic mass is 9.96. The van der Waals surface area contributed by atoms with Crippen LogP contribution in [0, 0.1) is 11.2 Å². The Morgan fingerprint density at radius 2 is 1.95 bits per heavy atom. The zero-order valence-corrected chi connectivity index (χ0v) is 13.2. The molecule has 1 saturated carbocycles. The molecular weight excluding hydrogens is 271 g/mol. The van der Waals surface area contributed by atoms with Crippen LogP contribution < -0.4 is 11.1 Å². The maximum atomic E-state index is 14.2. The number of halogens is 1. The zero-order chi connectivity index (χ0) is 16.1. The van der Waals surface area contributed by atoms with E-state index in [1.165, 1.54) is 6.07 Å². The van der Waals surface area contributed by atoms with E-state index < -0.39 is 23.1 Å². The van der Waals surface area contributed by atoms with Crippen LogP contribution >= 0.6 is 0 Å². The molecule has 0 heterocycles. The Kier molecular flexibility index (Phi) is 3.53. The first-order valence-electron chi connectivity index (χ1n) is 7.04. The summed E-state index contributed by atoms with van der Waals surface area (Å²) >= 11 is 0. The summed E-state index contributed by atoms with van der Waals surface area (Å²) in [5.41, 5.74) is 5.75. The summed E-state index contributed by atoms with van der Waals surface area (Å²) < 4.78 is 19.4. The SMILES string of the molecule is CC(C)(C)OC(=O)Nc1ccc(C2(N)CC2(C)C)c(F)c1. The second-order valence-corrected chi connectivity index (χ2v) is 7.35. The summed E-state index contributed by atoms with van der Waals surface area (Å²) in [6, 6.07) is 4.56. The van der Waals surface area contributed by atoms with E-state index in [-0.39, 0.29) is 5.41 Å². The van der Waals surface area contributed by atoms with Gasteiger partial charge in [-0.15, -0.1) is 0 Å². The fraction of sp³-hybridized carbons (Fsp3) is 0.562. The van der Waals surface area contributed by atoms with Crippen molar-refractivity contribution in [1.82, 2.24) is 0 Å². The van der Waals surface area contributed by atoms with Gasteiger partial charge in [0, 0.05) is 16.8 Å². The number of anilines is 1. The Labute approximate surface area is 124 Å². The number of ether oxygens (including phenoxy) is 1. The molecule has 2 rings (SSSR count). The van der Waals surface area contributed by atoms with Gasteiger partial charge in [-0.3, -0.25) is 5.32 Å². The maximum absolute atomic E-state index is 14.2. The highest BCUT2D eigenvalue weighted by atomic mass is 19.1. The standard InChI is InChI=1S/C16H23FN2O2/c1-14(2,3)21-13(20)19-10-6-7-11(12(17)8-10)16(18)9-15(16,4)5/h6-8H,9,18H2,1-5H3,(H,19,20). The minimum absolute atomic E-state index is 0.103. The Morgan fingerprint density at radius 3 is 2.38 bits per heavy atom. The van der Waals surface area contributed by atoms with Crippen molar-refractivity contribution in [2.45, 2.75) is 52.2 Å². The highest BCUT2D eigenvalue weighted by Crippen LogP contribution is 2.60. The molecular formula is C16H23FN2O2. The second kappa shape index (κ2) is 4.70. The topological polar surface area (TPSA) is 64.3 Å². The molecule has 1 fully saturated rings. The van der Waals surface area contributed by atoms with E-state index in [4.69, 9.17) is 10.5 Å². The number of amides is 1. The van der Waals surface area contributed by atoms with Crippen LogP contribution in [0.2, 0.25) is 0 Å². The number of hydrogen-bond donors (Lipinski definition) is 2. The van der Waals surface area contributed by atoms with Gasteiger partial charge in [-0.1, -0.05) is 19.9 Å². The Balaban J connectivity index is 2.12. The molecule has 1 aromatic carbocycles. The van der Waals surface area contributed by atoms with Crippen molar-refractivity contribution in [3.8, 4) is 0 Å². The highest BCUT2D eigenvalue weighted by Gasteiger charge is 2.60. The smallest absolute Gasteiger partial charge is 0.412 e. The molecule has 0 spiro atoms. The van der Waals surface area contributed by atoms with Crippen LogP contribution in [0.15, 0.2) is 18.2 Å². The molecule has 0 saturated heterocycles. The van der Waals surface area contributed by atoms with E-state index >= 15 is 0 Å². The van der Waals surface area contributed by atoms with Gasteiger partial charge in [0.05, 0.1) is 0 Å². The maximum Gasteiger partial charge on any atom is 0.412 e. The fourth-order valence-electron chi connectivity index (χ4n) is 2.49. The molecule has 0 aliphatic heterocycles. The molecule has 0 aromatic heterocycles. The molecule has 5 heteroatoms. The van der Waals surface area contributed by atoms with Crippen LogP contribution in [0.25, 0.3) is 0 Å². The Morgan fingerprint density at radius 1 is 1.38 bits per heavy atom. The van der Waals surface area contributed by atoms with Gasteiger partial charge in [0.15, 0.2) is 0 Å². The molecule has 116 valence electrons. The average molecular weight is 294 g/mol. The van der Waals surface area contributed by atoms with Gasteiger partial charge >= 0.3 is 6.09 Å². The fourth-order valence-corrected chi connectivity index (χ4v) is 2.49. The van der Waals surface area contributed by atoms with Crippen LogP contribution in [0.4, 0.5) is 14.9 Å². The molecule has 3 N–H and O–H groups in total. The Hall–Kier alpha value is -1.62. The van der Waals surface area contributed by atoms with Crippen LogP contribution in [0.5, 0.6) is 0 Å². The lowest BCUT2D eigenvalue weighted by Gasteiger charge is -2.20. The third-order valence-electron chi connectivity index (χ3n) is 3.90. The molecule has 1 atom stereocenters. The second-order valence-electron chi connectivity index (χ2n) is 7.35. The first kappa shape index (κ1) is 15.8. The number of carbonyl (C=O) groups excluding carboxylic acids is 1. The third-order valence-corrected chi connectivity index (χ3v) is 3.90. The summed E-state index contributed by atoms with van der Waals surface area (Å²) in [6.07, 6.45) is 0.138. The van der Waals surface area contributed by atoms with Gasteiger partial charge < -0.3 is 10.5 Å². The van der Waals surface area contributed by atoms with Gasteiger partial charge in [-0.25, -0.2) is 9.18 Å². The number of nitrogens with one attached hydrogen (secondary N) is 1. The minimum Gasteiger partial charge on any atom is -0.444 e.